The summed E-state index contributed by atoms with van der Waals surface area (Å²) in [7, 11) is 0. The highest BCUT2D eigenvalue weighted by Crippen LogP contribution is 2.35. The Bertz CT molecular complexity index is 1700. The average Bonchev–Trinajstić information content (AvgIpc) is 3.06. The Balaban J connectivity index is 1.68. The normalized spacial score (nSPS) is 12.2. The molecule has 1 heterocycles. The van der Waals surface area contributed by atoms with Gasteiger partial charge in [0.25, 0.3) is 0 Å². The molecule has 1 aromatic heterocycles. The summed E-state index contributed by atoms with van der Waals surface area (Å²) in [5, 5.41) is 28.5. The Morgan fingerprint density at radius 1 is 0.771 bits per heavy atom. The van der Waals surface area contributed by atoms with Crippen LogP contribution in [0.25, 0.3) is 0 Å². The number of rotatable bonds is 16. The molecule has 3 rings (SSSR count). The van der Waals surface area contributed by atoms with E-state index in [1.54, 1.807) is 37.4 Å². The number of aromatic hydroxyl groups is 1. The molecular weight excluding hydrogens is 731 g/mol. The zero-order valence-corrected chi connectivity index (χ0v) is 30.5. The number of aryl methyl sites for hydroxylation is 1. The lowest BCUT2D eigenvalue weighted by Gasteiger charge is -2.15. The minimum absolute atomic E-state index is 0.000392. The number of pyridine rings is 1. The number of aromatic nitrogens is 1. The molecule has 254 valence electrons. The molecule has 0 saturated carbocycles. The van der Waals surface area contributed by atoms with Crippen LogP contribution in [0.3, 0.4) is 0 Å². The highest BCUT2D eigenvalue weighted by atomic mass is 32.2. The number of hydrogen-bond acceptors (Lipinski definition) is 14. The van der Waals surface area contributed by atoms with Gasteiger partial charge in [0.15, 0.2) is 10.2 Å². The molecule has 0 radical (unpaired) electrons. The van der Waals surface area contributed by atoms with Gasteiger partial charge in [-0.2, -0.15) is 0 Å². The van der Waals surface area contributed by atoms with Crippen molar-refractivity contribution >= 4 is 102 Å². The van der Waals surface area contributed by atoms with Gasteiger partial charge < -0.3 is 26.8 Å². The lowest BCUT2D eigenvalue weighted by Crippen LogP contribution is -2.30. The van der Waals surface area contributed by atoms with E-state index in [2.05, 4.69) is 4.98 Å². The summed E-state index contributed by atoms with van der Waals surface area (Å²) in [6.45, 7) is 1.70. The smallest absolute Gasteiger partial charge is 0.320 e. The number of nitrogens with two attached hydrogens (primary N) is 2. The second kappa shape index (κ2) is 19.4. The lowest BCUT2D eigenvalue weighted by atomic mass is 10.1. The van der Waals surface area contributed by atoms with Gasteiger partial charge in [0, 0.05) is 57.0 Å². The number of thioether (sulfide) groups is 4. The molecule has 0 amide bonds. The summed E-state index contributed by atoms with van der Waals surface area (Å²) in [6.07, 6.45) is 1.75. The fraction of sp³-hybridized carbons (Fsp3) is 0.281. The third kappa shape index (κ3) is 11.9. The van der Waals surface area contributed by atoms with Crippen molar-refractivity contribution in [1.82, 2.24) is 4.98 Å². The van der Waals surface area contributed by atoms with Crippen LogP contribution in [-0.4, -0.2) is 62.9 Å². The van der Waals surface area contributed by atoms with E-state index in [0.717, 1.165) is 29.1 Å². The van der Waals surface area contributed by atoms with Gasteiger partial charge in [-0.3, -0.25) is 24.2 Å². The summed E-state index contributed by atoms with van der Waals surface area (Å²) in [6, 6.07) is 12.1. The van der Waals surface area contributed by atoms with Gasteiger partial charge >= 0.3 is 11.9 Å². The van der Waals surface area contributed by atoms with Crippen molar-refractivity contribution in [2.24, 2.45) is 11.5 Å². The molecule has 0 spiro atoms. The fourth-order valence-corrected chi connectivity index (χ4v) is 8.55. The van der Waals surface area contributed by atoms with Crippen molar-refractivity contribution in [3.05, 3.63) is 82.7 Å². The Labute approximate surface area is 305 Å². The van der Waals surface area contributed by atoms with Gasteiger partial charge in [0.2, 0.25) is 0 Å². The third-order valence-corrected chi connectivity index (χ3v) is 11.8. The number of aliphatic carboxylic acids is 2. The Morgan fingerprint density at radius 2 is 1.21 bits per heavy atom. The van der Waals surface area contributed by atoms with E-state index in [0.29, 0.717) is 52.1 Å². The fourth-order valence-electron chi connectivity index (χ4n) is 4.00. The van der Waals surface area contributed by atoms with Crippen LogP contribution < -0.4 is 11.5 Å². The first-order chi connectivity index (χ1) is 22.8. The van der Waals surface area contributed by atoms with E-state index < -0.39 is 24.0 Å². The molecule has 3 aromatic rings. The first-order valence-electron chi connectivity index (χ1n) is 14.3. The lowest BCUT2D eigenvalue weighted by molar-refractivity contribution is -0.139. The predicted molar refractivity (Wildman–Crippen MR) is 201 cm³/mol. The van der Waals surface area contributed by atoms with Crippen molar-refractivity contribution in [2.75, 3.05) is 0 Å². The van der Waals surface area contributed by atoms with Gasteiger partial charge in [-0.05, 0) is 37.5 Å². The summed E-state index contributed by atoms with van der Waals surface area (Å²) < 4.78 is 1.04. The third-order valence-electron chi connectivity index (χ3n) is 6.75. The van der Waals surface area contributed by atoms with E-state index in [1.165, 1.54) is 23.5 Å². The molecule has 0 aliphatic heterocycles. The van der Waals surface area contributed by atoms with Crippen LogP contribution in [0.5, 0.6) is 5.75 Å². The first-order valence-corrected chi connectivity index (χ1v) is 18.8. The second-order valence-corrected chi connectivity index (χ2v) is 15.8. The van der Waals surface area contributed by atoms with Crippen LogP contribution in [0.15, 0.2) is 64.5 Å². The molecule has 2 atom stereocenters. The van der Waals surface area contributed by atoms with Crippen LogP contribution in [0.4, 0.5) is 0 Å². The number of carbonyl (C=O) groups excluding carboxylic acids is 2. The zero-order valence-electron chi connectivity index (χ0n) is 25.6. The van der Waals surface area contributed by atoms with Crippen LogP contribution in [0.1, 0.15) is 53.6 Å². The molecular formula is C32H33N3O7S6. The van der Waals surface area contributed by atoms with E-state index >= 15 is 0 Å². The second-order valence-electron chi connectivity index (χ2n) is 10.3. The van der Waals surface area contributed by atoms with E-state index in [-0.39, 0.29) is 41.7 Å². The van der Waals surface area contributed by atoms with Crippen molar-refractivity contribution in [3.8, 4) is 5.75 Å². The number of benzene rings is 2. The molecule has 0 aliphatic rings. The van der Waals surface area contributed by atoms with Gasteiger partial charge in [0.1, 0.15) is 17.8 Å². The summed E-state index contributed by atoms with van der Waals surface area (Å²) in [4.78, 5) is 52.7. The Hall–Kier alpha value is -2.83. The summed E-state index contributed by atoms with van der Waals surface area (Å²) >= 11 is 16.1. The molecule has 10 nitrogen and oxygen atoms in total. The Morgan fingerprint density at radius 3 is 1.67 bits per heavy atom. The first kappa shape index (κ1) is 39.6. The van der Waals surface area contributed by atoms with E-state index in [4.69, 9.17) is 46.1 Å². The van der Waals surface area contributed by atoms with Gasteiger partial charge in [-0.25, -0.2) is 0 Å². The van der Waals surface area contributed by atoms with Gasteiger partial charge in [-0.15, -0.1) is 23.5 Å². The number of carboxylic acid groups (broad SMARTS) is 2. The maximum atomic E-state index is 12.6. The van der Waals surface area contributed by atoms with Crippen LogP contribution in [0, 0.1) is 6.92 Å². The monoisotopic (exact) mass is 763 g/mol. The molecule has 0 aliphatic carbocycles. The highest BCUT2D eigenvalue weighted by Gasteiger charge is 2.20. The molecule has 0 fully saturated rings. The van der Waals surface area contributed by atoms with Gasteiger partial charge in [-0.1, -0.05) is 84.4 Å². The molecule has 2 aromatic carbocycles. The van der Waals surface area contributed by atoms with Crippen molar-refractivity contribution in [3.63, 3.8) is 0 Å². The topological polar surface area (TPSA) is 194 Å². The largest absolute Gasteiger partial charge is 0.506 e. The number of nitrogens with zero attached hydrogens (tertiary/aromatic N) is 1. The number of carbonyl (C=O) groups is 4. The van der Waals surface area contributed by atoms with Crippen molar-refractivity contribution < 1.29 is 34.5 Å². The molecule has 0 bridgehead atoms. The average molecular weight is 764 g/mol. The SMILES string of the molecule is Cc1ncc(CSC(=S)c2ccccc2SC(=O)CC[C@H](N)C(=O)O)c(CSC(=S)c2ccccc2SC(=O)CC[C@H](N)C(=O)O)c1O. The van der Waals surface area contributed by atoms with Gasteiger partial charge in [0.05, 0.1) is 14.1 Å². The maximum absolute atomic E-state index is 12.6. The minimum Gasteiger partial charge on any atom is -0.506 e. The highest BCUT2D eigenvalue weighted by molar-refractivity contribution is 8.23. The minimum atomic E-state index is -1.16. The van der Waals surface area contributed by atoms with E-state index in [9.17, 15) is 24.3 Å². The standard InChI is InChI=1S/C32H33N3O7S6/c1-17-28(38)21(16-46-32(44)20-7-3-5-9-25(20)48-27(37)13-11-23(34)30(41)42)18(14-35-17)15-45-31(43)19-6-2-4-8-24(19)47-26(36)12-10-22(33)29(39)40/h2-9,14,22-23,38H,10-13,15-16,33-34H2,1H3,(H,39,40)(H,41,42)/t22-,23-/m0/s1. The van der Waals surface area contributed by atoms with E-state index in [1.807, 2.05) is 24.3 Å². The zero-order chi connectivity index (χ0) is 35.4. The van der Waals surface area contributed by atoms with Crippen molar-refractivity contribution in [1.29, 1.82) is 0 Å². The van der Waals surface area contributed by atoms with Crippen molar-refractivity contribution in [2.45, 2.75) is 66.0 Å². The predicted octanol–water partition coefficient (Wildman–Crippen LogP) is 5.94. The number of carboxylic acids is 2. The molecule has 7 N–H and O–H groups in total. The maximum Gasteiger partial charge on any atom is 0.320 e. The summed E-state index contributed by atoms with van der Waals surface area (Å²) in [5.74, 6) is -1.58. The van der Waals surface area contributed by atoms with Crippen LogP contribution in [0.2, 0.25) is 0 Å². The van der Waals surface area contributed by atoms with Crippen LogP contribution in [-0.2, 0) is 30.7 Å². The number of hydrogen-bond donors (Lipinski definition) is 5. The molecule has 48 heavy (non-hydrogen) atoms. The molecule has 0 unspecified atom stereocenters. The quantitative estimate of drug-likeness (QED) is 0.0850. The Kier molecular flexibility index (Phi) is 16.0. The molecule has 0 saturated heterocycles. The molecule has 16 heteroatoms. The number of thiocarbonyl (C=S) groups is 2. The summed E-state index contributed by atoms with van der Waals surface area (Å²) in [5.41, 5.74) is 14.3. The van der Waals surface area contributed by atoms with Crippen LogP contribution >= 0.6 is 71.5 Å².